The zero-order valence-corrected chi connectivity index (χ0v) is 11.8. The van der Waals surface area contributed by atoms with E-state index in [4.69, 9.17) is 11.0 Å². The van der Waals surface area contributed by atoms with Gasteiger partial charge in [0.25, 0.3) is 0 Å². The quantitative estimate of drug-likeness (QED) is 0.846. The summed E-state index contributed by atoms with van der Waals surface area (Å²) in [4.78, 5) is 2.16. The van der Waals surface area contributed by atoms with E-state index >= 15 is 0 Å². The normalized spacial score (nSPS) is 24.4. The van der Waals surface area contributed by atoms with E-state index in [-0.39, 0.29) is 6.04 Å². The third kappa shape index (κ3) is 3.56. The van der Waals surface area contributed by atoms with E-state index in [1.807, 2.05) is 0 Å². The first-order chi connectivity index (χ1) is 9.10. The highest BCUT2D eigenvalue weighted by atomic mass is 15.1. The number of nitrogens with two attached hydrogens (primary N) is 1. The minimum atomic E-state index is 0.178. The summed E-state index contributed by atoms with van der Waals surface area (Å²) >= 11 is 0. The van der Waals surface area contributed by atoms with E-state index in [1.54, 1.807) is 0 Å². The van der Waals surface area contributed by atoms with Crippen molar-refractivity contribution in [3.63, 3.8) is 0 Å². The van der Waals surface area contributed by atoms with Crippen molar-refractivity contribution in [3.8, 4) is 6.07 Å². The van der Waals surface area contributed by atoms with Gasteiger partial charge in [0.05, 0.1) is 12.6 Å². The van der Waals surface area contributed by atoms with Gasteiger partial charge in [-0.2, -0.15) is 5.26 Å². The van der Waals surface area contributed by atoms with Gasteiger partial charge in [-0.05, 0) is 29.4 Å². The number of nitriles is 1. The molecule has 1 saturated heterocycles. The molecule has 1 fully saturated rings. The maximum absolute atomic E-state index is 8.83. The first-order valence-corrected chi connectivity index (χ1v) is 7.05. The second-order valence-corrected chi connectivity index (χ2v) is 5.87. The number of nitrogens with zero attached hydrogens (tertiary/aromatic N) is 2. The molecule has 0 aliphatic carbocycles. The summed E-state index contributed by atoms with van der Waals surface area (Å²) in [5.41, 5.74) is 8.83. The van der Waals surface area contributed by atoms with Crippen molar-refractivity contribution in [3.05, 3.63) is 35.4 Å². The Hall–Kier alpha value is -1.37. The molecule has 2 rings (SSSR count). The molecular formula is C16H23N3. The summed E-state index contributed by atoms with van der Waals surface area (Å²) in [6, 6.07) is 11.3. The van der Waals surface area contributed by atoms with Gasteiger partial charge in [0.1, 0.15) is 0 Å². The van der Waals surface area contributed by atoms with Crippen LogP contribution in [0, 0.1) is 11.3 Å². The molecule has 1 aromatic rings. The van der Waals surface area contributed by atoms with Gasteiger partial charge in [-0.3, -0.25) is 4.90 Å². The standard InChI is InChI=1S/C16H23N3/c1-12(2)13-3-5-14(6-4-13)15-9-16(18)11-19(10-15)8-7-17/h3-6,12,15-16H,8-11,18H2,1-2H3. The molecule has 2 atom stereocenters. The lowest BCUT2D eigenvalue weighted by atomic mass is 9.87. The van der Waals surface area contributed by atoms with Crippen LogP contribution in [0.1, 0.15) is 43.2 Å². The molecule has 19 heavy (non-hydrogen) atoms. The van der Waals surface area contributed by atoms with Crippen molar-refractivity contribution in [2.24, 2.45) is 5.73 Å². The lowest BCUT2D eigenvalue weighted by molar-refractivity contribution is 0.209. The van der Waals surface area contributed by atoms with Gasteiger partial charge >= 0.3 is 0 Å². The van der Waals surface area contributed by atoms with Gasteiger partial charge in [-0.15, -0.1) is 0 Å². The Morgan fingerprint density at radius 2 is 2.00 bits per heavy atom. The molecule has 1 aromatic carbocycles. The van der Waals surface area contributed by atoms with E-state index in [0.717, 1.165) is 19.5 Å². The van der Waals surface area contributed by atoms with Crippen molar-refractivity contribution < 1.29 is 0 Å². The highest BCUT2D eigenvalue weighted by Crippen LogP contribution is 2.27. The summed E-state index contributed by atoms with van der Waals surface area (Å²) < 4.78 is 0. The van der Waals surface area contributed by atoms with E-state index in [1.165, 1.54) is 11.1 Å². The van der Waals surface area contributed by atoms with Gasteiger partial charge in [-0.25, -0.2) is 0 Å². The molecule has 1 aliphatic heterocycles. The fraction of sp³-hybridized carbons (Fsp3) is 0.562. The van der Waals surface area contributed by atoms with Crippen LogP contribution in [0.4, 0.5) is 0 Å². The van der Waals surface area contributed by atoms with Gasteiger partial charge in [0.2, 0.25) is 0 Å². The Morgan fingerprint density at radius 1 is 1.32 bits per heavy atom. The zero-order valence-electron chi connectivity index (χ0n) is 11.8. The number of hydrogen-bond donors (Lipinski definition) is 1. The summed E-state index contributed by atoms with van der Waals surface area (Å²) in [5, 5.41) is 8.83. The summed E-state index contributed by atoms with van der Waals surface area (Å²) in [6.45, 7) is 6.69. The Balaban J connectivity index is 2.09. The van der Waals surface area contributed by atoms with E-state index in [0.29, 0.717) is 18.4 Å². The predicted molar refractivity (Wildman–Crippen MR) is 77.9 cm³/mol. The number of benzene rings is 1. The number of likely N-dealkylation sites (tertiary alicyclic amines) is 1. The molecule has 0 saturated carbocycles. The van der Waals surface area contributed by atoms with E-state index in [2.05, 4.69) is 49.1 Å². The van der Waals surface area contributed by atoms with Crippen molar-refractivity contribution in [2.75, 3.05) is 19.6 Å². The van der Waals surface area contributed by atoms with Crippen LogP contribution in [-0.4, -0.2) is 30.6 Å². The van der Waals surface area contributed by atoms with Crippen molar-refractivity contribution in [2.45, 2.75) is 38.1 Å². The molecule has 0 spiro atoms. The van der Waals surface area contributed by atoms with E-state index in [9.17, 15) is 0 Å². The van der Waals surface area contributed by atoms with Gasteiger partial charge in [0.15, 0.2) is 0 Å². The number of hydrogen-bond acceptors (Lipinski definition) is 3. The van der Waals surface area contributed by atoms with Crippen LogP contribution < -0.4 is 5.73 Å². The fourth-order valence-corrected chi connectivity index (χ4v) is 2.86. The monoisotopic (exact) mass is 257 g/mol. The molecule has 0 bridgehead atoms. The van der Waals surface area contributed by atoms with Crippen LogP contribution in [0.3, 0.4) is 0 Å². The smallest absolute Gasteiger partial charge is 0.0866 e. The summed E-state index contributed by atoms with van der Waals surface area (Å²) in [7, 11) is 0. The largest absolute Gasteiger partial charge is 0.327 e. The van der Waals surface area contributed by atoms with Crippen LogP contribution in [0.2, 0.25) is 0 Å². The molecular weight excluding hydrogens is 234 g/mol. The van der Waals surface area contributed by atoms with Crippen LogP contribution in [0.5, 0.6) is 0 Å². The van der Waals surface area contributed by atoms with E-state index < -0.39 is 0 Å². The average Bonchev–Trinajstić information content (AvgIpc) is 2.38. The topological polar surface area (TPSA) is 53.0 Å². The minimum absolute atomic E-state index is 0.178. The molecule has 102 valence electrons. The zero-order chi connectivity index (χ0) is 13.8. The first-order valence-electron chi connectivity index (χ1n) is 7.05. The highest BCUT2D eigenvalue weighted by Gasteiger charge is 2.25. The Kier molecular flexibility index (Phi) is 4.57. The van der Waals surface area contributed by atoms with Gasteiger partial charge < -0.3 is 5.73 Å². The lowest BCUT2D eigenvalue weighted by Crippen LogP contribution is -2.46. The van der Waals surface area contributed by atoms with Gasteiger partial charge in [-0.1, -0.05) is 38.1 Å². The fourth-order valence-electron chi connectivity index (χ4n) is 2.86. The summed E-state index contributed by atoms with van der Waals surface area (Å²) in [6.07, 6.45) is 1.02. The molecule has 3 heteroatoms. The highest BCUT2D eigenvalue weighted by molar-refractivity contribution is 5.28. The molecule has 3 nitrogen and oxygen atoms in total. The number of piperidine rings is 1. The Labute approximate surface area is 116 Å². The maximum atomic E-state index is 8.83. The van der Waals surface area contributed by atoms with Crippen LogP contribution >= 0.6 is 0 Å². The SMILES string of the molecule is CC(C)c1ccc(C2CC(N)CN(CC#N)C2)cc1. The molecule has 2 unspecified atom stereocenters. The van der Waals surface area contributed by atoms with Crippen LogP contribution in [0.25, 0.3) is 0 Å². The summed E-state index contributed by atoms with van der Waals surface area (Å²) in [5.74, 6) is 1.02. The first kappa shape index (κ1) is 14.0. The molecule has 0 aromatic heterocycles. The second kappa shape index (κ2) is 6.18. The molecule has 1 aliphatic rings. The average molecular weight is 257 g/mol. The molecule has 0 amide bonds. The Morgan fingerprint density at radius 3 is 2.58 bits per heavy atom. The Bertz CT molecular complexity index is 444. The number of rotatable bonds is 3. The van der Waals surface area contributed by atoms with Crippen molar-refractivity contribution in [1.29, 1.82) is 5.26 Å². The third-order valence-electron chi connectivity index (χ3n) is 3.93. The maximum Gasteiger partial charge on any atom is 0.0866 e. The molecule has 2 N–H and O–H groups in total. The molecule has 0 radical (unpaired) electrons. The van der Waals surface area contributed by atoms with Crippen molar-refractivity contribution >= 4 is 0 Å². The van der Waals surface area contributed by atoms with Crippen molar-refractivity contribution in [1.82, 2.24) is 4.90 Å². The molecule has 1 heterocycles. The minimum Gasteiger partial charge on any atom is -0.327 e. The second-order valence-electron chi connectivity index (χ2n) is 5.87. The predicted octanol–water partition coefficient (Wildman–Crippen LogP) is 2.45. The van der Waals surface area contributed by atoms with Crippen LogP contribution in [0.15, 0.2) is 24.3 Å². The lowest BCUT2D eigenvalue weighted by Gasteiger charge is -2.35. The van der Waals surface area contributed by atoms with Crippen LogP contribution in [-0.2, 0) is 0 Å². The van der Waals surface area contributed by atoms with Gasteiger partial charge in [0, 0.05) is 19.1 Å². The third-order valence-corrected chi connectivity index (χ3v) is 3.93.